The van der Waals surface area contributed by atoms with Crippen LogP contribution in [0.1, 0.15) is 28.7 Å². The van der Waals surface area contributed by atoms with E-state index in [9.17, 15) is 4.79 Å². The molecule has 138 valence electrons. The molecule has 1 aliphatic rings. The van der Waals surface area contributed by atoms with Crippen LogP contribution in [0.25, 0.3) is 0 Å². The highest BCUT2D eigenvalue weighted by Gasteiger charge is 2.11. The maximum absolute atomic E-state index is 12.3. The molecule has 1 aliphatic heterocycles. The van der Waals surface area contributed by atoms with E-state index in [-0.39, 0.29) is 5.91 Å². The lowest BCUT2D eigenvalue weighted by molar-refractivity contribution is -0.116. The average molecular weight is 369 g/mol. The first-order valence-electron chi connectivity index (χ1n) is 9.35. The Kier molecular flexibility index (Phi) is 6.75. The number of nitrogens with zero attached hydrogens (tertiary/aromatic N) is 1. The Labute approximate surface area is 161 Å². The van der Waals surface area contributed by atoms with Crippen LogP contribution in [0.3, 0.4) is 0 Å². The maximum atomic E-state index is 12.3. The number of anilines is 1. The Bertz CT molecular complexity index is 754. The van der Waals surface area contributed by atoms with E-state index < -0.39 is 0 Å². The van der Waals surface area contributed by atoms with Gasteiger partial charge in [0, 0.05) is 43.2 Å². The van der Waals surface area contributed by atoms with Crippen molar-refractivity contribution in [2.75, 3.05) is 29.9 Å². The fourth-order valence-corrected chi connectivity index (χ4v) is 4.34. The van der Waals surface area contributed by atoms with Gasteiger partial charge in [0.25, 0.3) is 0 Å². The zero-order chi connectivity index (χ0) is 18.4. The van der Waals surface area contributed by atoms with Crippen molar-refractivity contribution in [2.24, 2.45) is 0 Å². The largest absolute Gasteiger partial charge is 0.326 e. The van der Waals surface area contributed by atoms with Crippen molar-refractivity contribution in [1.29, 1.82) is 0 Å². The molecule has 0 saturated carbocycles. The van der Waals surface area contributed by atoms with Crippen molar-refractivity contribution >= 4 is 23.4 Å². The summed E-state index contributed by atoms with van der Waals surface area (Å²) in [6, 6.07) is 14.7. The first-order chi connectivity index (χ1) is 12.6. The van der Waals surface area contributed by atoms with E-state index in [0.717, 1.165) is 31.7 Å². The van der Waals surface area contributed by atoms with Crippen LogP contribution in [0.15, 0.2) is 42.5 Å². The Morgan fingerprint density at radius 1 is 1.12 bits per heavy atom. The second-order valence-corrected chi connectivity index (χ2v) is 8.29. The van der Waals surface area contributed by atoms with Crippen molar-refractivity contribution in [3.63, 3.8) is 0 Å². The Morgan fingerprint density at radius 2 is 1.92 bits per heavy atom. The third-order valence-corrected chi connectivity index (χ3v) is 5.78. The first kappa shape index (κ1) is 19.0. The highest BCUT2D eigenvalue weighted by atomic mass is 32.2. The maximum Gasteiger partial charge on any atom is 0.224 e. The second-order valence-electron chi connectivity index (χ2n) is 7.07. The number of carbonyl (C=O) groups is 1. The normalized spacial score (nSPS) is 15.0. The van der Waals surface area contributed by atoms with E-state index in [1.165, 1.54) is 33.8 Å². The van der Waals surface area contributed by atoms with Crippen molar-refractivity contribution < 1.29 is 4.79 Å². The van der Waals surface area contributed by atoms with E-state index in [1.54, 1.807) is 0 Å². The SMILES string of the molecule is Cc1ccc(CCC(=O)Nc2cccc(CN3CCSCC3)c2)c(C)c1. The number of rotatable bonds is 6. The van der Waals surface area contributed by atoms with Crippen LogP contribution in [0.4, 0.5) is 5.69 Å². The minimum Gasteiger partial charge on any atom is -0.326 e. The number of nitrogens with one attached hydrogen (secondary N) is 1. The zero-order valence-corrected chi connectivity index (χ0v) is 16.6. The number of hydrogen-bond acceptors (Lipinski definition) is 3. The van der Waals surface area contributed by atoms with E-state index >= 15 is 0 Å². The summed E-state index contributed by atoms with van der Waals surface area (Å²) in [5.74, 6) is 2.51. The van der Waals surface area contributed by atoms with Gasteiger partial charge < -0.3 is 5.32 Å². The van der Waals surface area contributed by atoms with Gasteiger partial charge in [0.05, 0.1) is 0 Å². The van der Waals surface area contributed by atoms with Gasteiger partial charge >= 0.3 is 0 Å². The highest BCUT2D eigenvalue weighted by Crippen LogP contribution is 2.17. The van der Waals surface area contributed by atoms with E-state index in [4.69, 9.17) is 0 Å². The Morgan fingerprint density at radius 3 is 2.69 bits per heavy atom. The van der Waals surface area contributed by atoms with Crippen molar-refractivity contribution in [3.05, 3.63) is 64.7 Å². The van der Waals surface area contributed by atoms with Crippen molar-refractivity contribution in [1.82, 2.24) is 4.90 Å². The van der Waals surface area contributed by atoms with Gasteiger partial charge in [-0.2, -0.15) is 11.8 Å². The molecule has 0 radical (unpaired) electrons. The summed E-state index contributed by atoms with van der Waals surface area (Å²) in [5.41, 5.74) is 5.95. The van der Waals surface area contributed by atoms with Crippen molar-refractivity contribution in [2.45, 2.75) is 33.2 Å². The molecule has 0 bridgehead atoms. The molecule has 0 atom stereocenters. The van der Waals surface area contributed by atoms with Crippen molar-refractivity contribution in [3.8, 4) is 0 Å². The van der Waals surface area contributed by atoms with E-state index in [1.807, 2.05) is 23.9 Å². The molecule has 2 aromatic carbocycles. The molecule has 26 heavy (non-hydrogen) atoms. The van der Waals surface area contributed by atoms with Gasteiger partial charge in [-0.15, -0.1) is 0 Å². The molecule has 2 aromatic rings. The third kappa shape index (κ3) is 5.61. The molecule has 1 N–H and O–H groups in total. The summed E-state index contributed by atoms with van der Waals surface area (Å²) in [5, 5.41) is 3.06. The Balaban J connectivity index is 1.52. The van der Waals surface area contributed by atoms with Crippen LogP contribution in [0.5, 0.6) is 0 Å². The fourth-order valence-electron chi connectivity index (χ4n) is 3.36. The molecule has 0 unspecified atom stereocenters. The average Bonchev–Trinajstić information content (AvgIpc) is 2.62. The molecule has 1 saturated heterocycles. The topological polar surface area (TPSA) is 32.3 Å². The van der Waals surface area contributed by atoms with Gasteiger partial charge in [-0.3, -0.25) is 9.69 Å². The van der Waals surface area contributed by atoms with Crippen LogP contribution < -0.4 is 5.32 Å². The summed E-state index contributed by atoms with van der Waals surface area (Å²) in [6.45, 7) is 7.48. The smallest absolute Gasteiger partial charge is 0.224 e. The van der Waals surface area contributed by atoms with Gasteiger partial charge in [0.1, 0.15) is 0 Å². The zero-order valence-electron chi connectivity index (χ0n) is 15.8. The van der Waals surface area contributed by atoms with Gasteiger partial charge in [-0.05, 0) is 49.1 Å². The molecule has 1 amide bonds. The van der Waals surface area contributed by atoms with Crippen LogP contribution in [-0.4, -0.2) is 35.4 Å². The van der Waals surface area contributed by atoms with Gasteiger partial charge in [0.15, 0.2) is 0 Å². The molecule has 3 nitrogen and oxygen atoms in total. The number of hydrogen-bond donors (Lipinski definition) is 1. The lowest BCUT2D eigenvalue weighted by atomic mass is 10.0. The molecule has 0 aromatic heterocycles. The van der Waals surface area contributed by atoms with Crippen LogP contribution in [0.2, 0.25) is 0 Å². The molecule has 4 heteroatoms. The Hall–Kier alpha value is -1.78. The van der Waals surface area contributed by atoms with Crippen LogP contribution in [0, 0.1) is 13.8 Å². The van der Waals surface area contributed by atoms with Crippen LogP contribution >= 0.6 is 11.8 Å². The summed E-state index contributed by atoms with van der Waals surface area (Å²) in [6.07, 6.45) is 1.29. The number of amides is 1. The summed E-state index contributed by atoms with van der Waals surface area (Å²) in [4.78, 5) is 14.8. The second kappa shape index (κ2) is 9.24. The van der Waals surface area contributed by atoms with Gasteiger partial charge in [-0.25, -0.2) is 0 Å². The number of carbonyl (C=O) groups excluding carboxylic acids is 1. The predicted molar refractivity (Wildman–Crippen MR) is 112 cm³/mol. The van der Waals surface area contributed by atoms with Gasteiger partial charge in [-0.1, -0.05) is 35.9 Å². The quantitative estimate of drug-likeness (QED) is 0.819. The number of aryl methyl sites for hydroxylation is 3. The molecule has 3 rings (SSSR count). The summed E-state index contributed by atoms with van der Waals surface area (Å²) < 4.78 is 0. The van der Waals surface area contributed by atoms with E-state index in [0.29, 0.717) is 6.42 Å². The molecular weight excluding hydrogens is 340 g/mol. The minimum absolute atomic E-state index is 0.0801. The lowest BCUT2D eigenvalue weighted by Gasteiger charge is -2.26. The number of benzene rings is 2. The van der Waals surface area contributed by atoms with E-state index in [2.05, 4.69) is 54.4 Å². The molecule has 0 spiro atoms. The minimum atomic E-state index is 0.0801. The summed E-state index contributed by atoms with van der Waals surface area (Å²) >= 11 is 2.03. The molecule has 1 fully saturated rings. The molecule has 1 heterocycles. The highest BCUT2D eigenvalue weighted by molar-refractivity contribution is 7.99. The number of thioether (sulfide) groups is 1. The molecular formula is C22H28N2OS. The molecule has 0 aliphatic carbocycles. The standard InChI is InChI=1S/C22H28N2OS/c1-17-6-7-20(18(2)14-17)8-9-22(25)23-21-5-3-4-19(15-21)16-24-10-12-26-13-11-24/h3-7,14-15H,8-13,16H2,1-2H3,(H,23,25). The van der Waals surface area contributed by atoms with Gasteiger partial charge in [0.2, 0.25) is 5.91 Å². The fraction of sp³-hybridized carbons (Fsp3) is 0.409. The third-order valence-electron chi connectivity index (χ3n) is 4.84. The lowest BCUT2D eigenvalue weighted by Crippen LogP contribution is -2.31. The van der Waals surface area contributed by atoms with Crippen LogP contribution in [-0.2, 0) is 17.8 Å². The first-order valence-corrected chi connectivity index (χ1v) is 10.5. The monoisotopic (exact) mass is 368 g/mol. The predicted octanol–water partition coefficient (Wildman–Crippen LogP) is 4.42. The summed E-state index contributed by atoms with van der Waals surface area (Å²) in [7, 11) is 0.